The fourth-order valence-corrected chi connectivity index (χ4v) is 5.40. The minimum atomic E-state index is -5.27. The van der Waals surface area contributed by atoms with Crippen molar-refractivity contribution in [2.45, 2.75) is 30.7 Å². The summed E-state index contributed by atoms with van der Waals surface area (Å²) in [5, 5.41) is 0.662. The smallest absolute Gasteiger partial charge is 0.351 e. The molecule has 0 aliphatic carbocycles. The molecule has 0 saturated carbocycles. The van der Waals surface area contributed by atoms with Crippen molar-refractivity contribution in [1.82, 2.24) is 10.8 Å². The lowest BCUT2D eigenvalue weighted by Crippen LogP contribution is -2.42. The topological polar surface area (TPSA) is 79.8 Å². The first kappa shape index (κ1) is 34.2. The molecule has 0 spiro atoms. The van der Waals surface area contributed by atoms with Gasteiger partial charge in [-0.2, -0.15) is 43.9 Å². The number of nitrogens with one attached hydrogen (secondary N) is 2. The SMILES string of the molecule is CS(CC(=O)NCc1ccc(C2=CC(c3cc(Cl)c(Cl)c(C(F)(F)F)c3)(C(F)(F)F)ON2)cc1Br)=NC(=O)C(F)(F)F. The number of alkyl halides is 9. The van der Waals surface area contributed by atoms with E-state index in [0.29, 0.717) is 17.7 Å². The highest BCUT2D eigenvalue weighted by atomic mass is 79.9. The summed E-state index contributed by atoms with van der Waals surface area (Å²) in [7, 11) is -1.55. The molecule has 2 aromatic rings. The van der Waals surface area contributed by atoms with E-state index in [1.54, 1.807) is 0 Å². The lowest BCUT2D eigenvalue weighted by molar-refractivity contribution is -0.269. The molecule has 0 bridgehead atoms. The molecule has 1 heterocycles. The highest BCUT2D eigenvalue weighted by molar-refractivity contribution is 9.10. The van der Waals surface area contributed by atoms with E-state index in [0.717, 1.165) is 0 Å². The number of nitrogens with zero attached hydrogens (tertiary/aromatic N) is 1. The zero-order valence-electron chi connectivity index (χ0n) is 20.5. The summed E-state index contributed by atoms with van der Waals surface area (Å²) in [4.78, 5) is 27.8. The van der Waals surface area contributed by atoms with Gasteiger partial charge in [0.1, 0.15) is 0 Å². The predicted octanol–water partition coefficient (Wildman–Crippen LogP) is 7.25. The molecule has 2 unspecified atom stereocenters. The third-order valence-corrected chi connectivity index (χ3v) is 8.21. The fraction of sp³-hybridized carbons (Fsp3) is 0.304. The van der Waals surface area contributed by atoms with E-state index in [1.165, 1.54) is 24.5 Å². The number of rotatable bonds is 6. The Bertz CT molecular complexity index is 1480. The summed E-state index contributed by atoms with van der Waals surface area (Å²) in [5.74, 6) is -3.54. The van der Waals surface area contributed by atoms with Gasteiger partial charge in [-0.1, -0.05) is 62.0 Å². The Morgan fingerprint density at radius 2 is 1.71 bits per heavy atom. The summed E-state index contributed by atoms with van der Waals surface area (Å²) in [6.07, 6.45) is -13.8. The third kappa shape index (κ3) is 7.59. The minimum absolute atomic E-state index is 0.0961. The lowest BCUT2D eigenvalue weighted by Gasteiger charge is -2.29. The molecule has 42 heavy (non-hydrogen) atoms. The molecule has 19 heteroatoms. The molecule has 0 radical (unpaired) electrons. The molecule has 1 aliphatic rings. The number of carbonyl (C=O) groups excluding carboxylic acids is 2. The largest absolute Gasteiger partial charge is 0.474 e. The van der Waals surface area contributed by atoms with Crippen LogP contribution in [0.4, 0.5) is 39.5 Å². The maximum atomic E-state index is 14.3. The molecule has 0 saturated heterocycles. The third-order valence-electron chi connectivity index (χ3n) is 5.51. The number of carbonyl (C=O) groups is 2. The average Bonchev–Trinajstić information content (AvgIpc) is 3.30. The molecule has 6 nitrogen and oxygen atoms in total. The van der Waals surface area contributed by atoms with E-state index in [9.17, 15) is 49.1 Å². The number of amides is 2. The van der Waals surface area contributed by atoms with Crippen molar-refractivity contribution in [1.29, 1.82) is 0 Å². The predicted molar refractivity (Wildman–Crippen MR) is 139 cm³/mol. The Kier molecular flexibility index (Phi) is 10.0. The zero-order chi connectivity index (χ0) is 31.8. The van der Waals surface area contributed by atoms with Crippen LogP contribution < -0.4 is 10.8 Å². The van der Waals surface area contributed by atoms with Crippen LogP contribution in [0.25, 0.3) is 5.70 Å². The summed E-state index contributed by atoms with van der Waals surface area (Å²) in [6, 6.07) is 4.84. The van der Waals surface area contributed by atoms with E-state index < -0.39 is 73.6 Å². The molecule has 230 valence electrons. The van der Waals surface area contributed by atoms with Gasteiger partial charge in [0.2, 0.25) is 11.5 Å². The molecule has 0 fully saturated rings. The van der Waals surface area contributed by atoms with Gasteiger partial charge in [-0.15, -0.1) is 0 Å². The normalized spacial score (nSPS) is 18.5. The summed E-state index contributed by atoms with van der Waals surface area (Å²) >= 11 is 14.5. The molecule has 2 amide bonds. The number of hydroxylamine groups is 1. The molecule has 3 rings (SSSR count). The highest BCUT2D eigenvalue weighted by Gasteiger charge is 2.60. The van der Waals surface area contributed by atoms with Gasteiger partial charge >= 0.3 is 24.4 Å². The maximum Gasteiger partial charge on any atom is 0.474 e. The first-order valence-corrected chi connectivity index (χ1v) is 14.3. The molecule has 0 aromatic heterocycles. The zero-order valence-corrected chi connectivity index (χ0v) is 24.4. The van der Waals surface area contributed by atoms with Gasteiger partial charge in [0.15, 0.2) is 0 Å². The number of halogens is 12. The molecule has 2 aromatic carbocycles. The number of hydrogen-bond acceptors (Lipinski definition) is 4. The van der Waals surface area contributed by atoms with Crippen LogP contribution in [-0.2, 0) is 43.4 Å². The Morgan fingerprint density at radius 3 is 2.26 bits per heavy atom. The van der Waals surface area contributed by atoms with E-state index in [2.05, 4.69) is 31.1 Å². The van der Waals surface area contributed by atoms with Crippen LogP contribution in [0, 0.1) is 0 Å². The second-order valence-electron chi connectivity index (χ2n) is 8.53. The molecular formula is C23H15BrCl2F9N3O3S. The molecule has 1 aliphatic heterocycles. The van der Waals surface area contributed by atoms with Gasteiger partial charge in [0.05, 0.1) is 27.1 Å². The van der Waals surface area contributed by atoms with Crippen molar-refractivity contribution in [3.05, 3.63) is 73.2 Å². The monoisotopic (exact) mass is 733 g/mol. The highest BCUT2D eigenvalue weighted by Crippen LogP contribution is 2.50. The second kappa shape index (κ2) is 12.3. The second-order valence-corrected chi connectivity index (χ2v) is 11.8. The van der Waals surface area contributed by atoms with Crippen LogP contribution in [0.2, 0.25) is 10.0 Å². The summed E-state index contributed by atoms with van der Waals surface area (Å²) in [6.45, 7) is -0.164. The van der Waals surface area contributed by atoms with E-state index in [-0.39, 0.29) is 28.3 Å². The van der Waals surface area contributed by atoms with Crippen molar-refractivity contribution in [2.75, 3.05) is 12.0 Å². The van der Waals surface area contributed by atoms with Crippen molar-refractivity contribution < 1.29 is 53.9 Å². The maximum absolute atomic E-state index is 14.3. The van der Waals surface area contributed by atoms with Gasteiger partial charge in [0.25, 0.3) is 0 Å². The first-order valence-electron chi connectivity index (χ1n) is 11.0. The quantitative estimate of drug-likeness (QED) is 0.307. The Labute approximate surface area is 251 Å². The Hall–Kier alpha value is -2.34. The molecule has 2 N–H and O–H groups in total. The van der Waals surface area contributed by atoms with Crippen LogP contribution in [0.1, 0.15) is 22.3 Å². The van der Waals surface area contributed by atoms with Gasteiger partial charge in [-0.3, -0.25) is 19.9 Å². The van der Waals surface area contributed by atoms with Gasteiger partial charge in [0, 0.05) is 22.1 Å². The van der Waals surface area contributed by atoms with Crippen LogP contribution >= 0.6 is 39.1 Å². The number of benzene rings is 2. The summed E-state index contributed by atoms with van der Waals surface area (Å²) in [5.41, 5.74) is -3.66. The number of hydrogen-bond donors (Lipinski definition) is 2. The van der Waals surface area contributed by atoms with Crippen molar-refractivity contribution in [3.8, 4) is 0 Å². The standard InChI is InChI=1S/C23H15BrCl2F9N3O3S/c1-42(38-19(40)22(30,31)32)9-17(39)36-8-11-3-2-10(4-14(11)24)16-7-20(41-37-16,23(33,34)35)12-5-13(21(27,28)29)18(26)15(25)6-12/h2-7,37H,8-9H2,1H3,(H,36,39). The average molecular weight is 735 g/mol. The Morgan fingerprint density at radius 1 is 1.07 bits per heavy atom. The fourth-order valence-electron chi connectivity index (χ4n) is 3.51. The first-order chi connectivity index (χ1) is 19.2. The van der Waals surface area contributed by atoms with E-state index in [1.807, 2.05) is 0 Å². The summed E-state index contributed by atoms with van der Waals surface area (Å²) < 4.78 is 123. The van der Waals surface area contributed by atoms with Crippen molar-refractivity contribution in [3.63, 3.8) is 0 Å². The minimum Gasteiger partial charge on any atom is -0.351 e. The van der Waals surface area contributed by atoms with Crippen LogP contribution in [0.3, 0.4) is 0 Å². The van der Waals surface area contributed by atoms with Crippen LogP contribution in [-0.4, -0.2) is 36.2 Å². The molecular weight excluding hydrogens is 720 g/mol. The van der Waals surface area contributed by atoms with Gasteiger partial charge < -0.3 is 5.32 Å². The lowest BCUT2D eigenvalue weighted by atomic mass is 9.90. The van der Waals surface area contributed by atoms with E-state index >= 15 is 0 Å². The van der Waals surface area contributed by atoms with Gasteiger partial charge in [-0.25, -0.2) is 0 Å². The van der Waals surface area contributed by atoms with Crippen molar-refractivity contribution >= 4 is 67.3 Å². The molecule has 2 atom stereocenters. The van der Waals surface area contributed by atoms with Crippen LogP contribution in [0.15, 0.2) is 45.2 Å². The van der Waals surface area contributed by atoms with E-state index in [4.69, 9.17) is 28.0 Å². The van der Waals surface area contributed by atoms with Crippen LogP contribution in [0.5, 0.6) is 0 Å². The van der Waals surface area contributed by atoms with Crippen molar-refractivity contribution in [2.24, 2.45) is 4.36 Å². The Balaban J connectivity index is 1.85. The van der Waals surface area contributed by atoms with Gasteiger partial charge in [-0.05, 0) is 36.1 Å².